The van der Waals surface area contributed by atoms with Crippen molar-refractivity contribution in [3.05, 3.63) is 125 Å². The second kappa shape index (κ2) is 16.5. The van der Waals surface area contributed by atoms with Gasteiger partial charge in [0.25, 0.3) is 10.0 Å². The summed E-state index contributed by atoms with van der Waals surface area (Å²) in [6.45, 7) is 6.10. The van der Waals surface area contributed by atoms with Crippen LogP contribution in [0.4, 0.5) is 5.69 Å². The third-order valence-corrected chi connectivity index (χ3v) is 10.3. The Morgan fingerprint density at radius 1 is 0.826 bits per heavy atom. The molecular formula is C37H43N3O4S2. The molecule has 4 aromatic carbocycles. The van der Waals surface area contributed by atoms with Crippen LogP contribution in [0.1, 0.15) is 42.0 Å². The Hall–Kier alpha value is -4.08. The summed E-state index contributed by atoms with van der Waals surface area (Å²) in [5.74, 6) is -0.742. The van der Waals surface area contributed by atoms with E-state index in [4.69, 9.17) is 0 Å². The zero-order valence-electron chi connectivity index (χ0n) is 27.0. The van der Waals surface area contributed by atoms with Crippen LogP contribution in [0.15, 0.2) is 113 Å². The predicted octanol–water partition coefficient (Wildman–Crippen LogP) is 6.78. The van der Waals surface area contributed by atoms with Gasteiger partial charge < -0.3 is 10.2 Å². The van der Waals surface area contributed by atoms with Gasteiger partial charge in [0.2, 0.25) is 11.8 Å². The van der Waals surface area contributed by atoms with Gasteiger partial charge >= 0.3 is 0 Å². The monoisotopic (exact) mass is 657 g/mol. The molecule has 0 spiro atoms. The van der Waals surface area contributed by atoms with Crippen LogP contribution >= 0.6 is 11.8 Å². The largest absolute Gasteiger partial charge is 0.354 e. The van der Waals surface area contributed by atoms with Crippen molar-refractivity contribution in [1.29, 1.82) is 0 Å². The summed E-state index contributed by atoms with van der Waals surface area (Å²) in [5, 5.41) is 3.03. The van der Waals surface area contributed by atoms with Crippen LogP contribution in [0.3, 0.4) is 0 Å². The molecule has 9 heteroatoms. The number of hydrogen-bond donors (Lipinski definition) is 1. The summed E-state index contributed by atoms with van der Waals surface area (Å²) in [5.41, 5.74) is 4.11. The SMILES string of the molecule is CCCCNC(=O)[C@@H](Cc1ccccc1)N(Cc1cccc(C)c1)C(=O)CN(c1ccc(C)cc1)S(=O)(=O)c1ccc(SC)cc1. The second-order valence-corrected chi connectivity index (χ2v) is 14.1. The highest BCUT2D eigenvalue weighted by Crippen LogP contribution is 2.27. The van der Waals surface area contributed by atoms with Crippen molar-refractivity contribution in [1.82, 2.24) is 10.2 Å². The van der Waals surface area contributed by atoms with Gasteiger partial charge in [0, 0.05) is 24.4 Å². The van der Waals surface area contributed by atoms with E-state index in [1.54, 1.807) is 36.4 Å². The van der Waals surface area contributed by atoms with E-state index < -0.39 is 28.5 Å². The molecule has 0 aliphatic rings. The predicted molar refractivity (Wildman–Crippen MR) is 188 cm³/mol. The zero-order chi connectivity index (χ0) is 33.1. The summed E-state index contributed by atoms with van der Waals surface area (Å²) in [7, 11) is -4.15. The maximum atomic E-state index is 14.6. The zero-order valence-corrected chi connectivity index (χ0v) is 28.6. The number of unbranched alkanes of at least 4 members (excludes halogenated alkanes) is 1. The maximum absolute atomic E-state index is 14.6. The number of thioether (sulfide) groups is 1. The van der Waals surface area contributed by atoms with E-state index in [0.29, 0.717) is 12.2 Å². The minimum atomic E-state index is -4.15. The normalized spacial score (nSPS) is 11.9. The number of sulfonamides is 1. The molecule has 242 valence electrons. The molecule has 46 heavy (non-hydrogen) atoms. The number of carbonyl (C=O) groups is 2. The van der Waals surface area contributed by atoms with Gasteiger partial charge in [0.05, 0.1) is 10.6 Å². The number of aryl methyl sites for hydroxylation is 2. The van der Waals surface area contributed by atoms with E-state index in [9.17, 15) is 18.0 Å². The van der Waals surface area contributed by atoms with Crippen molar-refractivity contribution in [2.24, 2.45) is 0 Å². The number of carbonyl (C=O) groups excluding carboxylic acids is 2. The number of benzene rings is 4. The summed E-state index contributed by atoms with van der Waals surface area (Å²) in [6, 6.07) is 30.2. The first-order valence-corrected chi connectivity index (χ1v) is 18.2. The Kier molecular flexibility index (Phi) is 12.5. The van der Waals surface area contributed by atoms with E-state index in [-0.39, 0.29) is 23.8 Å². The van der Waals surface area contributed by atoms with Crippen LogP contribution in [0, 0.1) is 13.8 Å². The number of nitrogens with zero attached hydrogens (tertiary/aromatic N) is 2. The first-order valence-electron chi connectivity index (χ1n) is 15.5. The summed E-state index contributed by atoms with van der Waals surface area (Å²) < 4.78 is 29.6. The molecule has 2 amide bonds. The van der Waals surface area contributed by atoms with Gasteiger partial charge in [0.15, 0.2) is 0 Å². The van der Waals surface area contributed by atoms with Gasteiger partial charge in [-0.1, -0.05) is 91.2 Å². The quantitative estimate of drug-likeness (QED) is 0.113. The minimum absolute atomic E-state index is 0.0852. The van der Waals surface area contributed by atoms with E-state index in [0.717, 1.165) is 44.3 Å². The number of amides is 2. The lowest BCUT2D eigenvalue weighted by atomic mass is 10.0. The molecule has 4 rings (SSSR count). The van der Waals surface area contributed by atoms with E-state index in [1.807, 2.05) is 86.8 Å². The Labute approximate surface area is 278 Å². The number of rotatable bonds is 15. The summed E-state index contributed by atoms with van der Waals surface area (Å²) in [4.78, 5) is 31.0. The van der Waals surface area contributed by atoms with E-state index >= 15 is 0 Å². The molecule has 0 radical (unpaired) electrons. The smallest absolute Gasteiger partial charge is 0.264 e. The second-order valence-electron chi connectivity index (χ2n) is 11.4. The van der Waals surface area contributed by atoms with Gasteiger partial charge in [-0.15, -0.1) is 11.8 Å². The number of nitrogens with one attached hydrogen (secondary N) is 1. The average molecular weight is 658 g/mol. The van der Waals surface area contributed by atoms with Crippen LogP contribution < -0.4 is 9.62 Å². The molecule has 0 bridgehead atoms. The average Bonchev–Trinajstić information content (AvgIpc) is 3.06. The molecule has 4 aromatic rings. The van der Waals surface area contributed by atoms with Crippen molar-refractivity contribution in [2.75, 3.05) is 23.7 Å². The van der Waals surface area contributed by atoms with Gasteiger partial charge in [0.1, 0.15) is 12.6 Å². The minimum Gasteiger partial charge on any atom is -0.354 e. The fourth-order valence-electron chi connectivity index (χ4n) is 5.18. The molecular weight excluding hydrogens is 615 g/mol. The Bertz CT molecular complexity index is 1690. The fraction of sp³-hybridized carbons (Fsp3) is 0.297. The Balaban J connectivity index is 1.78. The van der Waals surface area contributed by atoms with Crippen molar-refractivity contribution in [3.63, 3.8) is 0 Å². The van der Waals surface area contributed by atoms with Gasteiger partial charge in [-0.05, 0) is 74.0 Å². The van der Waals surface area contributed by atoms with Crippen molar-refractivity contribution in [3.8, 4) is 0 Å². The van der Waals surface area contributed by atoms with Crippen LogP contribution in [-0.4, -0.2) is 50.5 Å². The van der Waals surface area contributed by atoms with E-state index in [1.165, 1.54) is 16.7 Å². The molecule has 0 saturated heterocycles. The standard InChI is InChI=1S/C37H43N3O4S2/c1-5-6-23-38-37(42)35(25-30-12-8-7-9-13-30)39(26-31-14-10-11-29(3)24-31)36(41)27-40(32-17-15-28(2)16-18-32)46(43,44)34-21-19-33(45-4)20-22-34/h7-22,24,35H,5-6,23,25-27H2,1-4H3,(H,38,42)/t35-/m1/s1. The van der Waals surface area contributed by atoms with Crippen LogP contribution in [0.2, 0.25) is 0 Å². The van der Waals surface area contributed by atoms with Gasteiger partial charge in [-0.2, -0.15) is 0 Å². The molecule has 0 aliphatic carbocycles. The summed E-state index contributed by atoms with van der Waals surface area (Å²) in [6.07, 6.45) is 3.93. The molecule has 0 aliphatic heterocycles. The van der Waals surface area contributed by atoms with Gasteiger partial charge in [-0.3, -0.25) is 13.9 Å². The fourth-order valence-corrected chi connectivity index (χ4v) is 7.00. The third kappa shape index (κ3) is 9.23. The molecule has 0 unspecified atom stereocenters. The first kappa shape index (κ1) is 34.8. The lowest BCUT2D eigenvalue weighted by Crippen LogP contribution is -2.53. The van der Waals surface area contributed by atoms with E-state index in [2.05, 4.69) is 12.2 Å². The highest BCUT2D eigenvalue weighted by atomic mass is 32.2. The summed E-state index contributed by atoms with van der Waals surface area (Å²) >= 11 is 1.52. The molecule has 0 saturated carbocycles. The number of hydrogen-bond acceptors (Lipinski definition) is 5. The van der Waals surface area contributed by atoms with Crippen molar-refractivity contribution < 1.29 is 18.0 Å². The highest BCUT2D eigenvalue weighted by molar-refractivity contribution is 7.98. The van der Waals surface area contributed by atoms with Crippen molar-refractivity contribution in [2.45, 2.75) is 62.4 Å². The molecule has 0 heterocycles. The Morgan fingerprint density at radius 3 is 2.13 bits per heavy atom. The topological polar surface area (TPSA) is 86.8 Å². The molecule has 1 N–H and O–H groups in total. The van der Waals surface area contributed by atoms with Gasteiger partial charge in [-0.25, -0.2) is 8.42 Å². The lowest BCUT2D eigenvalue weighted by molar-refractivity contribution is -0.140. The van der Waals surface area contributed by atoms with Crippen LogP contribution in [-0.2, 0) is 32.6 Å². The third-order valence-electron chi connectivity index (χ3n) is 7.78. The number of anilines is 1. The Morgan fingerprint density at radius 2 is 1.50 bits per heavy atom. The lowest BCUT2D eigenvalue weighted by Gasteiger charge is -2.34. The first-order chi connectivity index (χ1) is 22.1. The van der Waals surface area contributed by atoms with Crippen molar-refractivity contribution >= 4 is 39.3 Å². The molecule has 0 fully saturated rings. The molecule has 7 nitrogen and oxygen atoms in total. The molecule has 1 atom stereocenters. The highest BCUT2D eigenvalue weighted by Gasteiger charge is 2.34. The van der Waals surface area contributed by atoms with Crippen LogP contribution in [0.25, 0.3) is 0 Å². The molecule has 0 aromatic heterocycles. The maximum Gasteiger partial charge on any atom is 0.264 e. The van der Waals surface area contributed by atoms with Crippen LogP contribution in [0.5, 0.6) is 0 Å².